The van der Waals surface area contributed by atoms with Crippen molar-refractivity contribution in [3.05, 3.63) is 320 Å². The average Bonchev–Trinajstić information content (AvgIpc) is 1.59. The molecule has 19 rings (SSSR count). The Labute approximate surface area is 528 Å². The van der Waals surface area contributed by atoms with E-state index >= 15 is 0 Å². The van der Waals surface area contributed by atoms with Crippen LogP contribution in [0.3, 0.4) is 0 Å². The van der Waals surface area contributed by atoms with E-state index in [2.05, 4.69) is 320 Å². The van der Waals surface area contributed by atoms with Crippen LogP contribution < -0.4 is 0 Å². The molecule has 0 aliphatic heterocycles. The monoisotopic (exact) mass is 1180 g/mol. The molecule has 0 atom stereocenters. The quantitative estimate of drug-likeness (QED) is 0.133. The fourth-order valence-electron chi connectivity index (χ4n) is 15.5. The number of ketones is 1. The smallest absolute Gasteiger partial charge is 0.193 e. The lowest BCUT2D eigenvalue weighted by Crippen LogP contribution is -2.03. The summed E-state index contributed by atoms with van der Waals surface area (Å²) in [5.41, 5.74) is 22.4. The van der Waals surface area contributed by atoms with Gasteiger partial charge in [-0.1, -0.05) is 146 Å². The number of rotatable bonds is 9. The van der Waals surface area contributed by atoms with Crippen LogP contribution in [0.5, 0.6) is 0 Å². The number of hydrogen-bond acceptors (Lipinski definition) is 1. The lowest BCUT2D eigenvalue weighted by molar-refractivity contribution is 0.103. The van der Waals surface area contributed by atoms with Gasteiger partial charge >= 0.3 is 0 Å². The molecule has 6 aromatic heterocycles. The Hall–Kier alpha value is -12.2. The van der Waals surface area contributed by atoms with E-state index in [4.69, 9.17) is 0 Å². The van der Waals surface area contributed by atoms with E-state index in [0.29, 0.717) is 11.1 Å². The summed E-state index contributed by atoms with van der Waals surface area (Å²) < 4.78 is 14.3. The van der Waals surface area contributed by atoms with Crippen LogP contribution >= 0.6 is 0 Å². The number of carbonyl (C=O) groups is 1. The summed E-state index contributed by atoms with van der Waals surface area (Å²) >= 11 is 0. The van der Waals surface area contributed by atoms with E-state index in [0.717, 1.165) is 78.1 Å². The molecule has 0 aliphatic carbocycles. The molecule has 6 heterocycles. The van der Waals surface area contributed by atoms with Crippen molar-refractivity contribution in [3.63, 3.8) is 0 Å². The van der Waals surface area contributed by atoms with E-state index in [1.54, 1.807) is 0 Å². The van der Waals surface area contributed by atoms with Gasteiger partial charge in [0.25, 0.3) is 0 Å². The minimum atomic E-state index is -0.0349. The first-order valence-corrected chi connectivity index (χ1v) is 31.5. The molecular formula is C85H56N6O. The minimum Gasteiger partial charge on any atom is -0.313 e. The van der Waals surface area contributed by atoms with Gasteiger partial charge in [0, 0.05) is 116 Å². The van der Waals surface area contributed by atoms with Crippen LogP contribution in [0.25, 0.3) is 160 Å². The molecule has 0 saturated carbocycles. The largest absolute Gasteiger partial charge is 0.313 e. The molecule has 0 N–H and O–H groups in total. The third-order valence-electron chi connectivity index (χ3n) is 19.5. The van der Waals surface area contributed by atoms with Gasteiger partial charge in [-0.2, -0.15) is 0 Å². The Morgan fingerprint density at radius 2 is 0.511 bits per heavy atom. The van der Waals surface area contributed by atoms with Gasteiger partial charge < -0.3 is 27.4 Å². The summed E-state index contributed by atoms with van der Waals surface area (Å²) in [5, 5.41) is 13.2. The molecule has 0 aliphatic rings. The molecule has 13 aromatic carbocycles. The SMILES string of the molecule is C/C(=C\c1c(C)n(-c2ccc(C(=O)c3ccc(-n4c5ccc(-n6c7ccccc7c7ccccc76)cc5c5cc(-n6c7ccccc7c7ccccc76)ccc54)cc3)cc2)c2ccc(-n3c4ccccc4c4ccccc43)cc12)n1c2ccccc2c2ccccc21. The first-order chi connectivity index (χ1) is 45.4. The van der Waals surface area contributed by atoms with E-state index in [1.165, 1.54) is 87.2 Å². The van der Waals surface area contributed by atoms with E-state index in [-0.39, 0.29) is 5.78 Å². The van der Waals surface area contributed by atoms with Crippen LogP contribution in [0.1, 0.15) is 34.1 Å². The summed E-state index contributed by atoms with van der Waals surface area (Å²) in [4.78, 5) is 14.8. The average molecular weight is 1180 g/mol. The maximum absolute atomic E-state index is 14.8. The molecule has 0 amide bonds. The molecular weight excluding hydrogens is 1120 g/mol. The molecule has 0 spiro atoms. The molecule has 0 bridgehead atoms. The van der Waals surface area contributed by atoms with Crippen LogP contribution in [-0.2, 0) is 0 Å². The summed E-state index contributed by atoms with van der Waals surface area (Å²) in [7, 11) is 0. The van der Waals surface area contributed by atoms with Crippen molar-refractivity contribution < 1.29 is 4.79 Å². The van der Waals surface area contributed by atoms with Crippen molar-refractivity contribution in [2.75, 3.05) is 0 Å². The number of allylic oxidation sites excluding steroid dienone is 1. The van der Waals surface area contributed by atoms with Crippen molar-refractivity contribution >= 4 is 137 Å². The number of para-hydroxylation sites is 8. The molecule has 19 aromatic rings. The molecule has 0 saturated heterocycles. The second-order valence-electron chi connectivity index (χ2n) is 24.5. The maximum atomic E-state index is 14.8. The molecule has 0 unspecified atom stereocenters. The van der Waals surface area contributed by atoms with Crippen LogP contribution in [0.15, 0.2) is 297 Å². The standard InChI is InChI=1S/C85H56N6O/c1-53(86-74-27-11-3-19-62(74)63-20-4-12-28-75(63)86)49-70-54(2)87(82-46-43-59(50-71(70)82)89-76-29-13-5-21-64(76)65-22-6-14-30-77(65)89)57-39-35-55(36-40-57)85(92)56-37-41-58(42-38-56)88-83-47-44-60(90-78-31-15-7-23-66(78)67-24-8-16-32-79(67)90)51-72(83)73-52-61(45-48-84(73)88)91-80-33-17-9-25-68(80)69-26-10-18-34-81(69)91/h3-52H,1-2H3/b53-49+. The third kappa shape index (κ3) is 7.54. The number of nitrogens with zero attached hydrogens (tertiary/aromatic N) is 6. The Morgan fingerprint density at radius 1 is 0.261 bits per heavy atom. The van der Waals surface area contributed by atoms with Crippen LogP contribution in [-0.4, -0.2) is 33.2 Å². The zero-order valence-electron chi connectivity index (χ0n) is 50.5. The van der Waals surface area contributed by atoms with Gasteiger partial charge in [0.05, 0.1) is 60.7 Å². The lowest BCUT2D eigenvalue weighted by atomic mass is 10.0. The predicted octanol–water partition coefficient (Wildman–Crippen LogP) is 21.7. The lowest BCUT2D eigenvalue weighted by Gasteiger charge is -2.12. The highest BCUT2D eigenvalue weighted by Gasteiger charge is 2.23. The number of fused-ring (bicyclic) bond motifs is 16. The number of aromatic nitrogens is 6. The fraction of sp³-hybridized carbons (Fsp3) is 0.0235. The highest BCUT2D eigenvalue weighted by Crippen LogP contribution is 2.42. The van der Waals surface area contributed by atoms with Crippen molar-refractivity contribution in [2.24, 2.45) is 0 Å². The van der Waals surface area contributed by atoms with Gasteiger partial charge in [0.2, 0.25) is 0 Å². The van der Waals surface area contributed by atoms with Crippen molar-refractivity contribution in [2.45, 2.75) is 13.8 Å². The molecule has 7 nitrogen and oxygen atoms in total. The van der Waals surface area contributed by atoms with Crippen molar-refractivity contribution in [1.82, 2.24) is 27.4 Å². The molecule has 7 heteroatoms. The van der Waals surface area contributed by atoms with Crippen molar-refractivity contribution in [3.8, 4) is 28.4 Å². The predicted molar refractivity (Wildman–Crippen MR) is 385 cm³/mol. The first kappa shape index (κ1) is 51.8. The summed E-state index contributed by atoms with van der Waals surface area (Å²) in [6.07, 6.45) is 2.36. The summed E-state index contributed by atoms with van der Waals surface area (Å²) in [6.45, 7) is 4.44. The topological polar surface area (TPSA) is 46.6 Å². The number of benzene rings is 13. The molecule has 92 heavy (non-hydrogen) atoms. The summed E-state index contributed by atoms with van der Waals surface area (Å²) in [6, 6.07) is 106. The Kier molecular flexibility index (Phi) is 11.2. The molecule has 432 valence electrons. The van der Waals surface area contributed by atoms with Crippen LogP contribution in [0, 0.1) is 6.92 Å². The highest BCUT2D eigenvalue weighted by atomic mass is 16.1. The Bertz CT molecular complexity index is 5970. The normalized spacial score (nSPS) is 12.3. The van der Waals surface area contributed by atoms with E-state index < -0.39 is 0 Å². The van der Waals surface area contributed by atoms with Gasteiger partial charge in [-0.25, -0.2) is 0 Å². The fourth-order valence-corrected chi connectivity index (χ4v) is 15.5. The third-order valence-corrected chi connectivity index (χ3v) is 19.5. The van der Waals surface area contributed by atoms with Crippen LogP contribution in [0.4, 0.5) is 0 Å². The van der Waals surface area contributed by atoms with E-state index in [1.807, 2.05) is 24.3 Å². The first-order valence-electron chi connectivity index (χ1n) is 31.5. The van der Waals surface area contributed by atoms with Gasteiger partial charge in [-0.15, -0.1) is 0 Å². The highest BCUT2D eigenvalue weighted by molar-refractivity contribution is 6.16. The minimum absolute atomic E-state index is 0.0349. The Morgan fingerprint density at radius 3 is 0.859 bits per heavy atom. The summed E-state index contributed by atoms with van der Waals surface area (Å²) in [5.74, 6) is -0.0349. The molecule has 0 radical (unpaired) electrons. The number of carbonyl (C=O) groups excluding carboxylic acids is 1. The Balaban J connectivity index is 0.714. The van der Waals surface area contributed by atoms with Gasteiger partial charge in [-0.05, 0) is 172 Å². The van der Waals surface area contributed by atoms with Gasteiger partial charge in [0.15, 0.2) is 5.78 Å². The second kappa shape index (κ2) is 19.9. The van der Waals surface area contributed by atoms with Crippen molar-refractivity contribution in [1.29, 1.82) is 0 Å². The van der Waals surface area contributed by atoms with Gasteiger partial charge in [0.1, 0.15) is 0 Å². The maximum Gasteiger partial charge on any atom is 0.193 e. The number of hydrogen-bond donors (Lipinski definition) is 0. The van der Waals surface area contributed by atoms with E-state index in [9.17, 15) is 4.79 Å². The van der Waals surface area contributed by atoms with Gasteiger partial charge in [-0.3, -0.25) is 4.79 Å². The zero-order chi connectivity index (χ0) is 60.9. The second-order valence-corrected chi connectivity index (χ2v) is 24.5. The molecule has 0 fully saturated rings. The van der Waals surface area contributed by atoms with Crippen LogP contribution in [0.2, 0.25) is 0 Å². The zero-order valence-corrected chi connectivity index (χ0v) is 50.5.